The maximum absolute atomic E-state index is 5.23. The fourth-order valence-electron chi connectivity index (χ4n) is 1.44. The van der Waals surface area contributed by atoms with Gasteiger partial charge >= 0.3 is 0 Å². The summed E-state index contributed by atoms with van der Waals surface area (Å²) in [5, 5.41) is 9.11. The molecule has 0 bridgehead atoms. The quantitative estimate of drug-likeness (QED) is 0.827. The Labute approximate surface area is 111 Å². The molecule has 1 aromatic carbocycles. The molecule has 4 heteroatoms. The van der Waals surface area contributed by atoms with Crippen molar-refractivity contribution in [2.24, 2.45) is 0 Å². The lowest BCUT2D eigenvalue weighted by molar-refractivity contribution is 0.938. The number of thiophene rings is 1. The van der Waals surface area contributed by atoms with E-state index < -0.39 is 0 Å². The van der Waals surface area contributed by atoms with Gasteiger partial charge in [-0.3, -0.25) is 0 Å². The topological polar surface area (TPSA) is 24.1 Å². The van der Waals surface area contributed by atoms with Crippen LogP contribution in [0, 0.1) is 6.92 Å². The molecule has 2 rings (SSSR count). The van der Waals surface area contributed by atoms with Crippen LogP contribution in [-0.4, -0.2) is 5.11 Å². The summed E-state index contributed by atoms with van der Waals surface area (Å²) in [7, 11) is 0. The molecule has 2 N–H and O–H groups in total. The normalized spacial score (nSPS) is 9.94. The first kappa shape index (κ1) is 12.1. The van der Waals surface area contributed by atoms with Crippen LogP contribution in [0.4, 0.5) is 5.69 Å². The molecule has 0 atom stereocenters. The van der Waals surface area contributed by atoms with Crippen LogP contribution in [0.1, 0.15) is 10.4 Å². The highest BCUT2D eigenvalue weighted by Crippen LogP contribution is 2.14. The Morgan fingerprint density at radius 2 is 2.00 bits per heavy atom. The average Bonchev–Trinajstić information content (AvgIpc) is 2.74. The Kier molecular flexibility index (Phi) is 4.12. The summed E-state index contributed by atoms with van der Waals surface area (Å²) in [5.41, 5.74) is 2.32. The van der Waals surface area contributed by atoms with Gasteiger partial charge in [0, 0.05) is 10.6 Å². The highest BCUT2D eigenvalue weighted by molar-refractivity contribution is 7.80. The Bertz CT molecular complexity index is 491. The van der Waals surface area contributed by atoms with Crippen LogP contribution >= 0.6 is 23.6 Å². The van der Waals surface area contributed by atoms with Gasteiger partial charge in [-0.1, -0.05) is 18.2 Å². The monoisotopic (exact) mass is 262 g/mol. The first-order valence-corrected chi connectivity index (χ1v) is 6.67. The molecule has 0 amide bonds. The van der Waals surface area contributed by atoms with E-state index in [1.807, 2.05) is 30.3 Å². The lowest BCUT2D eigenvalue weighted by atomic mass is 10.3. The van der Waals surface area contributed by atoms with Gasteiger partial charge in [-0.05, 0) is 48.3 Å². The van der Waals surface area contributed by atoms with Crippen LogP contribution < -0.4 is 10.6 Å². The predicted octanol–water partition coefficient (Wildman–Crippen LogP) is 3.54. The van der Waals surface area contributed by atoms with Gasteiger partial charge in [-0.25, -0.2) is 0 Å². The number of aryl methyl sites for hydroxylation is 1. The molecule has 0 saturated carbocycles. The second-order valence-corrected chi connectivity index (χ2v) is 5.11. The van der Waals surface area contributed by atoms with Gasteiger partial charge in [0.15, 0.2) is 5.11 Å². The molecule has 0 spiro atoms. The molecule has 88 valence electrons. The van der Waals surface area contributed by atoms with Crippen molar-refractivity contribution < 1.29 is 0 Å². The van der Waals surface area contributed by atoms with Crippen molar-refractivity contribution in [3.63, 3.8) is 0 Å². The summed E-state index contributed by atoms with van der Waals surface area (Å²) < 4.78 is 0. The van der Waals surface area contributed by atoms with Crippen molar-refractivity contribution in [3.05, 3.63) is 52.2 Å². The number of nitrogens with one attached hydrogen (secondary N) is 2. The molecule has 0 fully saturated rings. The molecular formula is C13H14N2S2. The Balaban J connectivity index is 1.84. The molecule has 0 aliphatic carbocycles. The zero-order valence-corrected chi connectivity index (χ0v) is 11.2. The first-order chi connectivity index (χ1) is 8.25. The van der Waals surface area contributed by atoms with Gasteiger partial charge in [0.05, 0.1) is 6.54 Å². The largest absolute Gasteiger partial charge is 0.358 e. The number of hydrogen-bond donors (Lipinski definition) is 2. The van der Waals surface area contributed by atoms with E-state index in [-0.39, 0.29) is 0 Å². The fourth-order valence-corrected chi connectivity index (χ4v) is 2.48. The smallest absolute Gasteiger partial charge is 0.171 e. The summed E-state index contributed by atoms with van der Waals surface area (Å²) in [6.45, 7) is 2.89. The Morgan fingerprint density at radius 1 is 1.24 bits per heavy atom. The predicted molar refractivity (Wildman–Crippen MR) is 78.6 cm³/mol. The van der Waals surface area contributed by atoms with E-state index in [9.17, 15) is 0 Å². The van der Waals surface area contributed by atoms with Gasteiger partial charge in [0.2, 0.25) is 0 Å². The SMILES string of the molecule is Cc1ccsc1CNC(=S)Nc1ccccc1. The fraction of sp³-hybridized carbons (Fsp3) is 0.154. The lowest BCUT2D eigenvalue weighted by Gasteiger charge is -2.09. The van der Waals surface area contributed by atoms with Gasteiger partial charge in [0.1, 0.15) is 0 Å². The Morgan fingerprint density at radius 3 is 2.65 bits per heavy atom. The van der Waals surface area contributed by atoms with E-state index in [4.69, 9.17) is 12.2 Å². The number of anilines is 1. The van der Waals surface area contributed by atoms with E-state index in [0.717, 1.165) is 12.2 Å². The highest BCUT2D eigenvalue weighted by atomic mass is 32.1. The number of benzene rings is 1. The minimum atomic E-state index is 0.656. The van der Waals surface area contributed by atoms with E-state index in [0.29, 0.717) is 5.11 Å². The molecular weight excluding hydrogens is 248 g/mol. The van der Waals surface area contributed by atoms with Gasteiger partial charge in [-0.2, -0.15) is 0 Å². The van der Waals surface area contributed by atoms with Crippen LogP contribution in [0.15, 0.2) is 41.8 Å². The third-order valence-electron chi connectivity index (χ3n) is 2.41. The van der Waals surface area contributed by atoms with E-state index >= 15 is 0 Å². The first-order valence-electron chi connectivity index (χ1n) is 5.38. The standard InChI is InChI=1S/C13H14N2S2/c1-10-7-8-17-12(10)9-14-13(16)15-11-5-3-2-4-6-11/h2-8H,9H2,1H3,(H2,14,15,16). The zero-order valence-electron chi connectivity index (χ0n) is 9.57. The van der Waals surface area contributed by atoms with Crippen molar-refractivity contribution in [1.29, 1.82) is 0 Å². The summed E-state index contributed by atoms with van der Waals surface area (Å²) in [6, 6.07) is 12.0. The number of rotatable bonds is 3. The molecule has 17 heavy (non-hydrogen) atoms. The third kappa shape index (κ3) is 3.54. The van der Waals surface area contributed by atoms with Crippen molar-refractivity contribution in [3.8, 4) is 0 Å². The van der Waals surface area contributed by atoms with Crippen LogP contribution in [0.25, 0.3) is 0 Å². The third-order valence-corrected chi connectivity index (χ3v) is 3.68. The average molecular weight is 262 g/mol. The number of thiocarbonyl (C=S) groups is 1. The van der Waals surface area contributed by atoms with Crippen LogP contribution in [0.3, 0.4) is 0 Å². The number of hydrogen-bond acceptors (Lipinski definition) is 2. The van der Waals surface area contributed by atoms with Gasteiger partial charge in [-0.15, -0.1) is 11.3 Å². The molecule has 1 aromatic heterocycles. The molecule has 2 nitrogen and oxygen atoms in total. The highest BCUT2D eigenvalue weighted by Gasteiger charge is 2.01. The van der Waals surface area contributed by atoms with Crippen LogP contribution in [0.5, 0.6) is 0 Å². The van der Waals surface area contributed by atoms with Crippen molar-refractivity contribution >= 4 is 34.4 Å². The summed E-state index contributed by atoms with van der Waals surface area (Å²) in [5.74, 6) is 0. The van der Waals surface area contributed by atoms with Crippen molar-refractivity contribution in [2.45, 2.75) is 13.5 Å². The van der Waals surface area contributed by atoms with E-state index in [2.05, 4.69) is 29.0 Å². The Hall–Kier alpha value is -1.39. The molecule has 0 unspecified atom stereocenters. The summed E-state index contributed by atoms with van der Waals surface area (Å²) in [4.78, 5) is 1.32. The summed E-state index contributed by atoms with van der Waals surface area (Å²) >= 11 is 6.98. The molecule has 0 aliphatic heterocycles. The van der Waals surface area contributed by atoms with Crippen LogP contribution in [0.2, 0.25) is 0 Å². The molecule has 2 aromatic rings. The van der Waals surface area contributed by atoms with Gasteiger partial charge < -0.3 is 10.6 Å². The van der Waals surface area contributed by atoms with E-state index in [1.165, 1.54) is 10.4 Å². The van der Waals surface area contributed by atoms with Crippen molar-refractivity contribution in [2.75, 3.05) is 5.32 Å². The van der Waals surface area contributed by atoms with Gasteiger partial charge in [0.25, 0.3) is 0 Å². The minimum absolute atomic E-state index is 0.656. The van der Waals surface area contributed by atoms with Crippen molar-refractivity contribution in [1.82, 2.24) is 5.32 Å². The van der Waals surface area contributed by atoms with E-state index in [1.54, 1.807) is 11.3 Å². The molecule has 0 radical (unpaired) electrons. The molecule has 1 heterocycles. The second-order valence-electron chi connectivity index (χ2n) is 3.70. The minimum Gasteiger partial charge on any atom is -0.358 e. The lowest BCUT2D eigenvalue weighted by Crippen LogP contribution is -2.27. The summed E-state index contributed by atoms with van der Waals surface area (Å²) in [6.07, 6.45) is 0. The molecule has 0 aliphatic rings. The number of para-hydroxylation sites is 1. The second kappa shape index (κ2) is 5.80. The zero-order chi connectivity index (χ0) is 12.1. The maximum atomic E-state index is 5.23. The maximum Gasteiger partial charge on any atom is 0.171 e. The van der Waals surface area contributed by atoms with Crippen LogP contribution in [-0.2, 0) is 6.54 Å². The molecule has 0 saturated heterocycles.